The summed E-state index contributed by atoms with van der Waals surface area (Å²) in [5.41, 5.74) is 1.10. The van der Waals surface area contributed by atoms with Gasteiger partial charge in [-0.15, -0.1) is 0 Å². The zero-order chi connectivity index (χ0) is 18.4. The van der Waals surface area contributed by atoms with Crippen LogP contribution in [0.4, 0.5) is 10.1 Å². The van der Waals surface area contributed by atoms with Crippen molar-refractivity contribution in [3.05, 3.63) is 51.1 Å². The SMILES string of the molecule is Cc1nc2c(c(-c3cc([N+](=O)[O-])ccc3F)c1S(N)(=O)=O)CCCC2. The molecule has 1 aliphatic rings. The highest BCUT2D eigenvalue weighted by molar-refractivity contribution is 7.89. The summed E-state index contributed by atoms with van der Waals surface area (Å²) in [4.78, 5) is 14.5. The van der Waals surface area contributed by atoms with Crippen molar-refractivity contribution < 1.29 is 17.7 Å². The van der Waals surface area contributed by atoms with Crippen LogP contribution in [0.1, 0.15) is 29.8 Å². The van der Waals surface area contributed by atoms with Crippen molar-refractivity contribution in [1.29, 1.82) is 0 Å². The number of non-ortho nitro benzene ring substituents is 1. The number of nitro groups is 1. The van der Waals surface area contributed by atoms with Gasteiger partial charge in [-0.1, -0.05) is 0 Å². The van der Waals surface area contributed by atoms with Crippen LogP contribution < -0.4 is 5.14 Å². The van der Waals surface area contributed by atoms with Gasteiger partial charge in [-0.25, -0.2) is 17.9 Å². The van der Waals surface area contributed by atoms with E-state index in [-0.39, 0.29) is 27.4 Å². The Labute approximate surface area is 143 Å². The van der Waals surface area contributed by atoms with Crippen molar-refractivity contribution in [1.82, 2.24) is 4.98 Å². The van der Waals surface area contributed by atoms with E-state index in [2.05, 4.69) is 4.98 Å². The predicted molar refractivity (Wildman–Crippen MR) is 89.0 cm³/mol. The molecule has 0 unspecified atom stereocenters. The van der Waals surface area contributed by atoms with E-state index in [0.717, 1.165) is 31.0 Å². The number of hydrogen-bond donors (Lipinski definition) is 1. The third-order valence-corrected chi connectivity index (χ3v) is 5.38. The third kappa shape index (κ3) is 3.12. The number of hydrogen-bond acceptors (Lipinski definition) is 5. The van der Waals surface area contributed by atoms with E-state index < -0.39 is 20.8 Å². The average Bonchev–Trinajstić information content (AvgIpc) is 2.52. The van der Waals surface area contributed by atoms with Gasteiger partial charge in [0.05, 0.1) is 10.6 Å². The van der Waals surface area contributed by atoms with Gasteiger partial charge in [0.25, 0.3) is 5.69 Å². The highest BCUT2D eigenvalue weighted by atomic mass is 32.2. The molecule has 1 aliphatic carbocycles. The number of fused-ring (bicyclic) bond motifs is 1. The number of nitrogens with zero attached hydrogens (tertiary/aromatic N) is 2. The molecule has 0 atom stereocenters. The van der Waals surface area contributed by atoms with Crippen molar-refractivity contribution in [2.75, 3.05) is 0 Å². The molecule has 2 aromatic rings. The van der Waals surface area contributed by atoms with Gasteiger partial charge in [0.1, 0.15) is 10.7 Å². The van der Waals surface area contributed by atoms with E-state index in [1.807, 2.05) is 0 Å². The summed E-state index contributed by atoms with van der Waals surface area (Å²) in [5.74, 6) is -0.742. The Balaban J connectivity index is 2.44. The lowest BCUT2D eigenvalue weighted by Crippen LogP contribution is -2.20. The fourth-order valence-electron chi connectivity index (χ4n) is 3.30. The summed E-state index contributed by atoms with van der Waals surface area (Å²) in [6.45, 7) is 1.49. The smallest absolute Gasteiger partial charge is 0.258 e. The molecule has 2 N–H and O–H groups in total. The molecule has 25 heavy (non-hydrogen) atoms. The van der Waals surface area contributed by atoms with Gasteiger partial charge in [-0.2, -0.15) is 0 Å². The summed E-state index contributed by atoms with van der Waals surface area (Å²) in [7, 11) is -4.19. The van der Waals surface area contributed by atoms with Crippen molar-refractivity contribution in [2.24, 2.45) is 5.14 Å². The van der Waals surface area contributed by atoms with Gasteiger partial charge in [0, 0.05) is 29.0 Å². The molecule has 0 saturated heterocycles. The molecular formula is C16H16FN3O4S. The molecule has 0 aliphatic heterocycles. The molecule has 0 spiro atoms. The highest BCUT2D eigenvalue weighted by Crippen LogP contribution is 2.39. The van der Waals surface area contributed by atoms with E-state index in [9.17, 15) is 22.9 Å². The second-order valence-corrected chi connectivity index (χ2v) is 7.50. The van der Waals surface area contributed by atoms with E-state index in [1.54, 1.807) is 0 Å². The number of nitrogens with two attached hydrogens (primary N) is 1. The maximum Gasteiger partial charge on any atom is 0.270 e. The second-order valence-electron chi connectivity index (χ2n) is 6.00. The Morgan fingerprint density at radius 2 is 1.96 bits per heavy atom. The molecule has 0 bridgehead atoms. The molecule has 0 fully saturated rings. The predicted octanol–water partition coefficient (Wildman–Crippen LogP) is 2.63. The molecule has 1 aromatic carbocycles. The van der Waals surface area contributed by atoms with Crippen LogP contribution in [0.25, 0.3) is 11.1 Å². The van der Waals surface area contributed by atoms with Gasteiger partial charge in [0.15, 0.2) is 0 Å². The monoisotopic (exact) mass is 365 g/mol. The van der Waals surface area contributed by atoms with Crippen LogP contribution >= 0.6 is 0 Å². The largest absolute Gasteiger partial charge is 0.270 e. The Kier molecular flexibility index (Phi) is 4.29. The Morgan fingerprint density at radius 1 is 1.28 bits per heavy atom. The number of pyridine rings is 1. The molecule has 1 heterocycles. The highest BCUT2D eigenvalue weighted by Gasteiger charge is 2.29. The fraction of sp³-hybridized carbons (Fsp3) is 0.312. The number of nitro benzene ring substituents is 1. The zero-order valence-corrected chi connectivity index (χ0v) is 14.3. The molecule has 1 aromatic heterocycles. The lowest BCUT2D eigenvalue weighted by Gasteiger charge is -2.22. The van der Waals surface area contributed by atoms with Crippen LogP contribution in [0, 0.1) is 22.9 Å². The number of primary sulfonamides is 1. The first-order chi connectivity index (χ1) is 11.7. The van der Waals surface area contributed by atoms with Crippen LogP contribution in [0.3, 0.4) is 0 Å². The minimum Gasteiger partial charge on any atom is -0.258 e. The Morgan fingerprint density at radius 3 is 2.60 bits per heavy atom. The van der Waals surface area contributed by atoms with E-state index in [0.29, 0.717) is 24.1 Å². The summed E-state index contributed by atoms with van der Waals surface area (Å²) < 4.78 is 38.8. The third-order valence-electron chi connectivity index (χ3n) is 4.31. The normalized spacial score (nSPS) is 14.2. The molecule has 7 nitrogen and oxygen atoms in total. The van der Waals surface area contributed by atoms with Crippen LogP contribution in [0.5, 0.6) is 0 Å². The molecular weight excluding hydrogens is 349 g/mol. The number of halogens is 1. The summed E-state index contributed by atoms with van der Waals surface area (Å²) in [6.07, 6.45) is 2.85. The molecule has 9 heteroatoms. The van der Waals surface area contributed by atoms with Crippen LogP contribution in [0.2, 0.25) is 0 Å². The number of sulfonamides is 1. The van der Waals surface area contributed by atoms with Gasteiger partial charge < -0.3 is 0 Å². The Bertz CT molecular complexity index is 989. The fourth-order valence-corrected chi connectivity index (χ4v) is 4.28. The van der Waals surface area contributed by atoms with Crippen molar-refractivity contribution in [3.8, 4) is 11.1 Å². The molecule has 132 valence electrons. The van der Waals surface area contributed by atoms with Gasteiger partial charge in [-0.05, 0) is 44.2 Å². The topological polar surface area (TPSA) is 116 Å². The van der Waals surface area contributed by atoms with Crippen LogP contribution in [0.15, 0.2) is 23.1 Å². The standard InChI is InChI=1S/C16H16FN3O4S/c1-9-16(25(18,23)24)15(11-4-2-3-5-14(11)19-9)12-8-10(20(21)22)6-7-13(12)17/h6-8H,2-5H2,1H3,(H2,18,23,24). The Hall–Kier alpha value is -2.39. The lowest BCUT2D eigenvalue weighted by atomic mass is 9.88. The first-order valence-corrected chi connectivity index (χ1v) is 9.24. The summed E-state index contributed by atoms with van der Waals surface area (Å²) in [6, 6.07) is 3.05. The van der Waals surface area contributed by atoms with Crippen molar-refractivity contribution >= 4 is 15.7 Å². The van der Waals surface area contributed by atoms with Crippen molar-refractivity contribution in [2.45, 2.75) is 37.5 Å². The summed E-state index contributed by atoms with van der Waals surface area (Å²) >= 11 is 0. The number of aryl methyl sites for hydroxylation is 2. The van der Waals surface area contributed by atoms with E-state index in [4.69, 9.17) is 5.14 Å². The van der Waals surface area contributed by atoms with Gasteiger partial charge in [0.2, 0.25) is 10.0 Å². The molecule has 0 saturated carbocycles. The molecule has 0 amide bonds. The maximum absolute atomic E-state index is 14.5. The second kappa shape index (κ2) is 6.16. The van der Waals surface area contributed by atoms with E-state index in [1.165, 1.54) is 6.92 Å². The van der Waals surface area contributed by atoms with Gasteiger partial charge in [-0.3, -0.25) is 15.1 Å². The van der Waals surface area contributed by atoms with Gasteiger partial charge >= 0.3 is 0 Å². The first kappa shape index (κ1) is 17.4. The van der Waals surface area contributed by atoms with Crippen LogP contribution in [-0.4, -0.2) is 18.3 Å². The van der Waals surface area contributed by atoms with E-state index >= 15 is 0 Å². The van der Waals surface area contributed by atoms with Crippen LogP contribution in [-0.2, 0) is 22.9 Å². The molecule has 3 rings (SSSR count). The first-order valence-electron chi connectivity index (χ1n) is 7.69. The average molecular weight is 365 g/mol. The summed E-state index contributed by atoms with van der Waals surface area (Å²) in [5, 5.41) is 16.4. The minimum absolute atomic E-state index is 0.103. The quantitative estimate of drug-likeness (QED) is 0.663. The number of benzene rings is 1. The number of aromatic nitrogens is 1. The maximum atomic E-state index is 14.5. The number of rotatable bonds is 3. The minimum atomic E-state index is -4.19. The van der Waals surface area contributed by atoms with Crippen molar-refractivity contribution in [3.63, 3.8) is 0 Å². The molecule has 0 radical (unpaired) electrons. The zero-order valence-electron chi connectivity index (χ0n) is 13.5. The lowest BCUT2D eigenvalue weighted by molar-refractivity contribution is -0.384.